The highest BCUT2D eigenvalue weighted by molar-refractivity contribution is 6.31. The number of halogens is 5. The Bertz CT molecular complexity index is 878. The minimum atomic E-state index is -4.30. The molecule has 2 rings (SSSR count). The van der Waals surface area contributed by atoms with E-state index >= 15 is 0 Å². The molecule has 182 valence electrons. The van der Waals surface area contributed by atoms with Gasteiger partial charge in [0, 0.05) is 17.9 Å². The smallest absolute Gasteiger partial charge is 0.388 e. The minimum Gasteiger partial charge on any atom is -0.388 e. The third kappa shape index (κ3) is 7.62. The van der Waals surface area contributed by atoms with E-state index in [1.807, 2.05) is 13.8 Å². The lowest BCUT2D eigenvalue weighted by Gasteiger charge is -2.39. The predicted octanol–water partition coefficient (Wildman–Crippen LogP) is 6.32. The van der Waals surface area contributed by atoms with Crippen molar-refractivity contribution in [3.8, 4) is 0 Å². The Hall–Kier alpha value is -1.87. The molecule has 0 aliphatic heterocycles. The molecule has 2 aromatic rings. The number of aromatic amines is 1. The van der Waals surface area contributed by atoms with Gasteiger partial charge in [-0.25, -0.2) is 4.39 Å². The van der Waals surface area contributed by atoms with Gasteiger partial charge in [0.15, 0.2) is 0 Å². The van der Waals surface area contributed by atoms with E-state index in [-0.39, 0.29) is 10.6 Å². The maximum absolute atomic E-state index is 14.7. The number of carbonyl (C=O) groups is 1. The second-order valence-corrected chi connectivity index (χ2v) is 8.85. The molecule has 0 aliphatic rings. The van der Waals surface area contributed by atoms with Crippen LogP contribution in [0.25, 0.3) is 10.9 Å². The monoisotopic (exact) mass is 481 g/mol. The van der Waals surface area contributed by atoms with Gasteiger partial charge in [0.05, 0.1) is 22.8 Å². The van der Waals surface area contributed by atoms with Crippen molar-refractivity contribution in [2.75, 3.05) is 6.54 Å². The van der Waals surface area contributed by atoms with Crippen LogP contribution in [-0.4, -0.2) is 33.9 Å². The highest BCUT2D eigenvalue weighted by Crippen LogP contribution is 2.46. The molecule has 1 amide bonds. The number of nitrogens with zero attached hydrogens (tertiary/aromatic N) is 1. The molecule has 1 aromatic carbocycles. The van der Waals surface area contributed by atoms with Crippen LogP contribution in [0.15, 0.2) is 12.3 Å². The first-order valence-corrected chi connectivity index (χ1v) is 10.9. The van der Waals surface area contributed by atoms with Crippen molar-refractivity contribution in [3.05, 3.63) is 28.7 Å². The van der Waals surface area contributed by atoms with Crippen LogP contribution >= 0.6 is 11.6 Å². The number of nitrogens with one attached hydrogen (secondary N) is 2. The molecule has 1 aromatic heterocycles. The van der Waals surface area contributed by atoms with Crippen molar-refractivity contribution in [3.63, 3.8) is 0 Å². The summed E-state index contributed by atoms with van der Waals surface area (Å²) in [5.41, 5.74) is 0.293. The largest absolute Gasteiger partial charge is 0.405 e. The number of fused-ring (bicyclic) bond motifs is 1. The number of alkyl halides is 3. The number of rotatable bonds is 8. The molecule has 0 saturated carbocycles. The molecule has 32 heavy (non-hydrogen) atoms. The Morgan fingerprint density at radius 2 is 1.81 bits per heavy atom. The quantitative estimate of drug-likeness (QED) is 0.386. The molecule has 0 radical (unpaired) electrons. The summed E-state index contributed by atoms with van der Waals surface area (Å²) in [5, 5.41) is 20.2. The molecular formula is C22H32ClF4N3O2. The summed E-state index contributed by atoms with van der Waals surface area (Å²) < 4.78 is 48.3. The lowest BCUT2D eigenvalue weighted by atomic mass is 9.68. The number of hydrogen-bond acceptors (Lipinski definition) is 3. The van der Waals surface area contributed by atoms with Crippen LogP contribution in [0.5, 0.6) is 0 Å². The first-order valence-electron chi connectivity index (χ1n) is 10.6. The molecule has 1 heterocycles. The van der Waals surface area contributed by atoms with Crippen LogP contribution in [-0.2, 0) is 4.79 Å². The Morgan fingerprint density at radius 1 is 1.25 bits per heavy atom. The highest BCUT2D eigenvalue weighted by Gasteiger charge is 2.39. The Balaban J connectivity index is 0.000000482. The number of H-pyrrole nitrogens is 1. The third-order valence-corrected chi connectivity index (χ3v) is 5.78. The molecule has 1 atom stereocenters. The van der Waals surface area contributed by atoms with Gasteiger partial charge < -0.3 is 10.4 Å². The van der Waals surface area contributed by atoms with Crippen LogP contribution in [0, 0.1) is 17.2 Å². The fraction of sp³-hybridized carbons (Fsp3) is 0.636. The van der Waals surface area contributed by atoms with Crippen LogP contribution in [0.3, 0.4) is 0 Å². The standard InChI is InChI=1S/C18H26ClFN2O.C4H6F3NO/c1-5-7-12(8-6-2)18(3,4)17(23)14-15(20)13(19)9-11-10-21-22-16(11)14;1-3(9)8-2-4(5,6)7/h9-10,12,17,23H,5-8H2,1-4H3,(H,21,22);2H2,1H3,(H,8,9). The zero-order valence-corrected chi connectivity index (χ0v) is 19.8. The normalized spacial score (nSPS) is 13.1. The summed E-state index contributed by atoms with van der Waals surface area (Å²) in [5.74, 6) is -0.924. The molecule has 1 unspecified atom stereocenters. The van der Waals surface area contributed by atoms with E-state index in [1.165, 1.54) is 6.07 Å². The SMILES string of the molecule is CC(=O)NCC(F)(F)F.CCCC(CCC)C(C)(C)C(O)c1c(F)c(Cl)cc2cn[nH]c12. The summed E-state index contributed by atoms with van der Waals surface area (Å²) in [6.45, 7) is 8.08. The molecule has 0 aliphatic carbocycles. The molecular weight excluding hydrogens is 450 g/mol. The molecule has 5 nitrogen and oxygen atoms in total. The summed E-state index contributed by atoms with van der Waals surface area (Å²) in [6.07, 6.45) is 0.437. The lowest BCUT2D eigenvalue weighted by molar-refractivity contribution is -0.137. The first kappa shape index (κ1) is 28.2. The number of hydrogen-bond donors (Lipinski definition) is 3. The maximum atomic E-state index is 14.7. The number of amides is 1. The van der Waals surface area contributed by atoms with E-state index in [4.69, 9.17) is 11.6 Å². The van der Waals surface area contributed by atoms with E-state index in [0.717, 1.165) is 32.6 Å². The van der Waals surface area contributed by atoms with Gasteiger partial charge >= 0.3 is 6.18 Å². The van der Waals surface area contributed by atoms with E-state index in [0.29, 0.717) is 16.8 Å². The van der Waals surface area contributed by atoms with Gasteiger partial charge in [0.25, 0.3) is 0 Å². The zero-order chi connectivity index (χ0) is 24.7. The van der Waals surface area contributed by atoms with Crippen molar-refractivity contribution >= 4 is 28.4 Å². The summed E-state index contributed by atoms with van der Waals surface area (Å²) in [7, 11) is 0. The predicted molar refractivity (Wildman–Crippen MR) is 118 cm³/mol. The molecule has 3 N–H and O–H groups in total. The van der Waals surface area contributed by atoms with Gasteiger partial charge in [-0.2, -0.15) is 18.3 Å². The maximum Gasteiger partial charge on any atom is 0.405 e. The summed E-state index contributed by atoms with van der Waals surface area (Å²) >= 11 is 6.02. The molecule has 0 spiro atoms. The van der Waals surface area contributed by atoms with Crippen molar-refractivity contribution in [1.82, 2.24) is 15.5 Å². The fourth-order valence-corrected chi connectivity index (χ4v) is 3.94. The minimum absolute atomic E-state index is 0.0197. The van der Waals surface area contributed by atoms with Gasteiger partial charge in [-0.15, -0.1) is 0 Å². The van der Waals surface area contributed by atoms with Crippen LogP contribution in [0.2, 0.25) is 5.02 Å². The van der Waals surface area contributed by atoms with Gasteiger partial charge in [0.2, 0.25) is 5.91 Å². The summed E-state index contributed by atoms with van der Waals surface area (Å²) in [4.78, 5) is 9.88. The van der Waals surface area contributed by atoms with E-state index in [2.05, 4.69) is 24.0 Å². The molecule has 0 saturated heterocycles. The van der Waals surface area contributed by atoms with Gasteiger partial charge in [0.1, 0.15) is 12.4 Å². The Kier molecular flexibility index (Phi) is 10.4. The Morgan fingerprint density at radius 3 is 2.25 bits per heavy atom. The fourth-order valence-electron chi connectivity index (χ4n) is 3.72. The zero-order valence-electron chi connectivity index (χ0n) is 19.0. The topological polar surface area (TPSA) is 78.0 Å². The number of aliphatic hydroxyl groups is 1. The van der Waals surface area contributed by atoms with Crippen LogP contribution < -0.4 is 5.32 Å². The number of aromatic nitrogens is 2. The molecule has 0 fully saturated rings. The van der Waals surface area contributed by atoms with Gasteiger partial charge in [-0.3, -0.25) is 9.89 Å². The van der Waals surface area contributed by atoms with E-state index < -0.39 is 36.0 Å². The van der Waals surface area contributed by atoms with Gasteiger partial charge in [-0.05, 0) is 17.4 Å². The highest BCUT2D eigenvalue weighted by atomic mass is 35.5. The second-order valence-electron chi connectivity index (χ2n) is 8.44. The average Bonchev–Trinajstić information content (AvgIpc) is 3.14. The van der Waals surface area contributed by atoms with Crippen molar-refractivity contribution in [2.24, 2.45) is 11.3 Å². The average molecular weight is 482 g/mol. The Labute approximate surface area is 190 Å². The van der Waals surface area contributed by atoms with Crippen molar-refractivity contribution < 1.29 is 27.5 Å². The van der Waals surface area contributed by atoms with Crippen molar-refractivity contribution in [1.29, 1.82) is 0 Å². The molecule has 0 bridgehead atoms. The first-order chi connectivity index (χ1) is 14.8. The van der Waals surface area contributed by atoms with Crippen molar-refractivity contribution in [2.45, 2.75) is 72.6 Å². The number of carbonyl (C=O) groups excluding carboxylic acids is 1. The third-order valence-electron chi connectivity index (χ3n) is 5.51. The number of benzene rings is 1. The summed E-state index contributed by atoms with van der Waals surface area (Å²) in [6, 6.07) is 1.54. The van der Waals surface area contributed by atoms with Crippen LogP contribution in [0.1, 0.15) is 72.0 Å². The number of aliphatic hydroxyl groups excluding tert-OH is 1. The van der Waals surface area contributed by atoms with Crippen LogP contribution in [0.4, 0.5) is 17.6 Å². The molecule has 10 heteroatoms. The van der Waals surface area contributed by atoms with E-state index in [9.17, 15) is 27.5 Å². The van der Waals surface area contributed by atoms with Gasteiger partial charge in [-0.1, -0.05) is 65.0 Å². The second kappa shape index (κ2) is 11.8. The lowest BCUT2D eigenvalue weighted by Crippen LogP contribution is -2.32. The van der Waals surface area contributed by atoms with E-state index in [1.54, 1.807) is 11.5 Å².